The van der Waals surface area contributed by atoms with E-state index in [1.807, 2.05) is 18.2 Å². The second-order valence-electron chi connectivity index (χ2n) is 12.5. The average molecular weight is 625 g/mol. The monoisotopic (exact) mass is 624 g/mol. The van der Waals surface area contributed by atoms with Gasteiger partial charge in [0.25, 0.3) is 0 Å². The molecule has 49 heavy (non-hydrogen) atoms. The zero-order valence-corrected chi connectivity index (χ0v) is 26.5. The maximum absolute atomic E-state index is 5.20. The Bertz CT molecular complexity index is 2870. The van der Waals surface area contributed by atoms with E-state index in [0.29, 0.717) is 17.6 Å². The standard InChI is InChI=1S/C45H28N4/c1-2-12-33(13-3-1)43-46-44(34-23-18-30(19-24-34)36-25-20-29-10-4-5-14-35(29)28-36)48-45(47-43)49-39-17-9-8-16-38(39)42-40(49)27-26-32-22-21-31-11-6-7-15-37(31)41(32)42/h1-28H. The van der Waals surface area contributed by atoms with E-state index >= 15 is 0 Å². The van der Waals surface area contributed by atoms with Gasteiger partial charge in [0.05, 0.1) is 11.0 Å². The lowest BCUT2D eigenvalue weighted by atomic mass is 9.97. The summed E-state index contributed by atoms with van der Waals surface area (Å²) in [5.74, 6) is 1.86. The van der Waals surface area contributed by atoms with E-state index in [9.17, 15) is 0 Å². The van der Waals surface area contributed by atoms with Crippen molar-refractivity contribution >= 4 is 54.1 Å². The van der Waals surface area contributed by atoms with E-state index in [1.165, 1.54) is 48.7 Å². The van der Waals surface area contributed by atoms with Crippen LogP contribution in [0.3, 0.4) is 0 Å². The molecule has 228 valence electrons. The van der Waals surface area contributed by atoms with Crippen LogP contribution in [0.1, 0.15) is 0 Å². The van der Waals surface area contributed by atoms with Gasteiger partial charge in [-0.2, -0.15) is 9.97 Å². The van der Waals surface area contributed by atoms with Crippen molar-refractivity contribution in [3.8, 4) is 39.9 Å². The molecule has 0 bridgehead atoms. The first-order valence-electron chi connectivity index (χ1n) is 16.5. The van der Waals surface area contributed by atoms with Crippen molar-refractivity contribution in [2.75, 3.05) is 0 Å². The zero-order valence-electron chi connectivity index (χ0n) is 26.5. The van der Waals surface area contributed by atoms with Crippen LogP contribution in [0.5, 0.6) is 0 Å². The molecule has 4 nitrogen and oxygen atoms in total. The molecule has 0 radical (unpaired) electrons. The third-order valence-corrected chi connectivity index (χ3v) is 9.62. The fourth-order valence-electron chi connectivity index (χ4n) is 7.26. The Balaban J connectivity index is 1.20. The molecule has 0 unspecified atom stereocenters. The van der Waals surface area contributed by atoms with Crippen molar-refractivity contribution in [1.29, 1.82) is 0 Å². The summed E-state index contributed by atoms with van der Waals surface area (Å²) < 4.78 is 2.20. The van der Waals surface area contributed by atoms with Crippen LogP contribution < -0.4 is 0 Å². The fraction of sp³-hybridized carbons (Fsp3) is 0. The highest BCUT2D eigenvalue weighted by molar-refractivity contribution is 6.28. The third kappa shape index (κ3) is 4.49. The summed E-state index contributed by atoms with van der Waals surface area (Å²) in [4.78, 5) is 15.4. The molecule has 0 saturated heterocycles. The molecular formula is C45H28N4. The predicted molar refractivity (Wildman–Crippen MR) is 203 cm³/mol. The van der Waals surface area contributed by atoms with Crippen LogP contribution in [0.25, 0.3) is 94.0 Å². The minimum atomic E-state index is 0.591. The Hall–Kier alpha value is -6.65. The predicted octanol–water partition coefficient (Wildman–Crippen LogP) is 11.4. The molecule has 10 aromatic rings. The van der Waals surface area contributed by atoms with E-state index in [2.05, 4.69) is 156 Å². The van der Waals surface area contributed by atoms with Gasteiger partial charge in [-0.3, -0.25) is 4.57 Å². The molecule has 10 rings (SSSR count). The van der Waals surface area contributed by atoms with Crippen molar-refractivity contribution in [3.63, 3.8) is 0 Å². The lowest BCUT2D eigenvalue weighted by molar-refractivity contribution is 0.953. The molecule has 0 spiro atoms. The fourth-order valence-corrected chi connectivity index (χ4v) is 7.26. The molecule has 0 aliphatic carbocycles. The summed E-state index contributed by atoms with van der Waals surface area (Å²) in [7, 11) is 0. The van der Waals surface area contributed by atoms with Gasteiger partial charge in [0.2, 0.25) is 5.95 Å². The van der Waals surface area contributed by atoms with Gasteiger partial charge in [0, 0.05) is 21.9 Å². The number of aromatic nitrogens is 4. The van der Waals surface area contributed by atoms with E-state index in [0.717, 1.165) is 27.7 Å². The normalized spacial score (nSPS) is 11.7. The molecule has 0 atom stereocenters. The van der Waals surface area contributed by atoms with Gasteiger partial charge in [-0.15, -0.1) is 0 Å². The Labute approximate surface area is 282 Å². The number of rotatable bonds is 4. The summed E-state index contributed by atoms with van der Waals surface area (Å²) in [6.45, 7) is 0. The summed E-state index contributed by atoms with van der Waals surface area (Å²) in [6.07, 6.45) is 0. The van der Waals surface area contributed by atoms with Gasteiger partial charge >= 0.3 is 0 Å². The maximum atomic E-state index is 5.20. The molecule has 0 aliphatic heterocycles. The van der Waals surface area contributed by atoms with E-state index in [-0.39, 0.29) is 0 Å². The number of benzene rings is 8. The first-order valence-corrected chi connectivity index (χ1v) is 16.5. The van der Waals surface area contributed by atoms with Crippen LogP contribution in [0.2, 0.25) is 0 Å². The molecule has 0 aliphatic rings. The van der Waals surface area contributed by atoms with Crippen molar-refractivity contribution in [2.45, 2.75) is 0 Å². The molecule has 0 saturated carbocycles. The number of hydrogen-bond acceptors (Lipinski definition) is 3. The lowest BCUT2D eigenvalue weighted by Crippen LogP contribution is -2.06. The molecule has 0 N–H and O–H groups in total. The Morgan fingerprint density at radius 2 is 0.898 bits per heavy atom. The van der Waals surface area contributed by atoms with Gasteiger partial charge in [-0.1, -0.05) is 152 Å². The van der Waals surface area contributed by atoms with E-state index in [4.69, 9.17) is 15.0 Å². The molecule has 2 heterocycles. The maximum Gasteiger partial charge on any atom is 0.238 e. The van der Waals surface area contributed by atoms with Gasteiger partial charge < -0.3 is 0 Å². The Morgan fingerprint density at radius 1 is 0.327 bits per heavy atom. The summed E-state index contributed by atoms with van der Waals surface area (Å²) in [5.41, 5.74) is 6.32. The van der Waals surface area contributed by atoms with Crippen LogP contribution in [0, 0.1) is 0 Å². The highest BCUT2D eigenvalue weighted by Crippen LogP contribution is 2.39. The third-order valence-electron chi connectivity index (χ3n) is 9.62. The minimum absolute atomic E-state index is 0.591. The van der Waals surface area contributed by atoms with Gasteiger partial charge in [-0.05, 0) is 61.6 Å². The number of para-hydroxylation sites is 1. The summed E-state index contributed by atoms with van der Waals surface area (Å²) in [6, 6.07) is 59.8. The van der Waals surface area contributed by atoms with Gasteiger partial charge in [0.15, 0.2) is 11.6 Å². The van der Waals surface area contributed by atoms with E-state index < -0.39 is 0 Å². The lowest BCUT2D eigenvalue weighted by Gasteiger charge is -2.12. The number of nitrogens with zero attached hydrogens (tertiary/aromatic N) is 4. The first kappa shape index (κ1) is 27.5. The first-order chi connectivity index (χ1) is 24.3. The summed E-state index contributed by atoms with van der Waals surface area (Å²) >= 11 is 0. The largest absolute Gasteiger partial charge is 0.278 e. The average Bonchev–Trinajstić information content (AvgIpc) is 3.52. The summed E-state index contributed by atoms with van der Waals surface area (Å²) in [5, 5.41) is 9.75. The van der Waals surface area contributed by atoms with Crippen LogP contribution in [0.15, 0.2) is 170 Å². The van der Waals surface area contributed by atoms with Crippen LogP contribution in [0.4, 0.5) is 0 Å². The van der Waals surface area contributed by atoms with Gasteiger partial charge in [-0.25, -0.2) is 4.98 Å². The quantitative estimate of drug-likeness (QED) is 0.183. The van der Waals surface area contributed by atoms with Crippen LogP contribution in [-0.2, 0) is 0 Å². The minimum Gasteiger partial charge on any atom is -0.278 e. The van der Waals surface area contributed by atoms with E-state index in [1.54, 1.807) is 0 Å². The van der Waals surface area contributed by atoms with Gasteiger partial charge in [0.1, 0.15) is 0 Å². The Kier molecular flexibility index (Phi) is 6.15. The van der Waals surface area contributed by atoms with Crippen LogP contribution >= 0.6 is 0 Å². The molecule has 2 aromatic heterocycles. The zero-order chi connectivity index (χ0) is 32.3. The van der Waals surface area contributed by atoms with Crippen LogP contribution in [-0.4, -0.2) is 19.5 Å². The van der Waals surface area contributed by atoms with Crippen molar-refractivity contribution in [3.05, 3.63) is 170 Å². The molecule has 8 aromatic carbocycles. The number of fused-ring (bicyclic) bond motifs is 8. The molecule has 0 fully saturated rings. The Morgan fingerprint density at radius 3 is 1.71 bits per heavy atom. The highest BCUT2D eigenvalue weighted by atomic mass is 15.2. The second kappa shape index (κ2) is 11.0. The second-order valence-corrected chi connectivity index (χ2v) is 12.5. The molecule has 0 amide bonds. The topological polar surface area (TPSA) is 43.6 Å². The SMILES string of the molecule is c1ccc(-c2nc(-c3ccc(-c4ccc5ccccc5c4)cc3)nc(-n3c4ccccc4c4c5c(ccc6ccccc65)ccc43)n2)cc1. The highest BCUT2D eigenvalue weighted by Gasteiger charge is 2.20. The molecule has 4 heteroatoms. The van der Waals surface area contributed by atoms with Crippen molar-refractivity contribution in [2.24, 2.45) is 0 Å². The van der Waals surface area contributed by atoms with Crippen molar-refractivity contribution in [1.82, 2.24) is 19.5 Å². The number of hydrogen-bond donors (Lipinski definition) is 0. The van der Waals surface area contributed by atoms with Crippen molar-refractivity contribution < 1.29 is 0 Å². The smallest absolute Gasteiger partial charge is 0.238 e. The molecular weight excluding hydrogens is 597 g/mol.